The molecule has 0 bridgehead atoms. The highest BCUT2D eigenvalue weighted by Gasteiger charge is 2.54. The number of carbonyl (C=O) groups excluding carboxylic acids is 6. The van der Waals surface area contributed by atoms with E-state index in [0.717, 1.165) is 42.7 Å². The first-order chi connectivity index (χ1) is 14.2. The van der Waals surface area contributed by atoms with Gasteiger partial charge in [0.05, 0.1) is 65.0 Å². The molecular weight excluding hydrogens is 408 g/mol. The molecule has 164 valence electrons. The zero-order valence-electron chi connectivity index (χ0n) is 17.1. The summed E-state index contributed by atoms with van der Waals surface area (Å²) in [6.45, 7) is 0. The minimum Gasteiger partial charge on any atom is -0.469 e. The predicted octanol–water partition coefficient (Wildman–Crippen LogP) is -1.14. The Morgan fingerprint density at radius 2 is 0.733 bits per heavy atom. The van der Waals surface area contributed by atoms with Crippen LogP contribution in [0.5, 0.6) is 0 Å². The molecule has 0 N–H and O–H groups in total. The van der Waals surface area contributed by atoms with E-state index in [2.05, 4.69) is 28.4 Å². The summed E-state index contributed by atoms with van der Waals surface area (Å²) in [7, 11) is 5.61. The van der Waals surface area contributed by atoms with Gasteiger partial charge in [0.2, 0.25) is 0 Å². The lowest BCUT2D eigenvalue weighted by atomic mass is 9.70. The highest BCUT2D eigenvalue weighted by molar-refractivity contribution is 6.19. The van der Waals surface area contributed by atoms with Gasteiger partial charge in [-0.05, 0) is 0 Å². The lowest BCUT2D eigenvalue weighted by Crippen LogP contribution is -2.44. The maximum Gasteiger partial charge on any atom is 0.339 e. The Bertz CT molecular complexity index is 777. The summed E-state index contributed by atoms with van der Waals surface area (Å²) in [6, 6.07) is 0. The van der Waals surface area contributed by atoms with Crippen molar-refractivity contribution in [3.8, 4) is 0 Å². The molecular formula is C18H20O12. The molecule has 0 unspecified atom stereocenters. The normalized spacial score (nSPS) is 18.2. The van der Waals surface area contributed by atoms with E-state index in [1.54, 1.807) is 0 Å². The number of esters is 6. The molecule has 0 aromatic heterocycles. The Labute approximate surface area is 170 Å². The maximum atomic E-state index is 12.6. The minimum atomic E-state index is -1.90. The first-order valence-electron chi connectivity index (χ1n) is 8.14. The van der Waals surface area contributed by atoms with Gasteiger partial charge in [-0.1, -0.05) is 0 Å². The second-order valence-corrected chi connectivity index (χ2v) is 5.55. The third kappa shape index (κ3) is 4.16. The Hall–Kier alpha value is -3.70. The van der Waals surface area contributed by atoms with Gasteiger partial charge in [0.15, 0.2) is 0 Å². The Morgan fingerprint density at radius 1 is 0.467 bits per heavy atom. The molecule has 30 heavy (non-hydrogen) atoms. The summed E-state index contributed by atoms with van der Waals surface area (Å²) in [4.78, 5) is 75.3. The first kappa shape index (κ1) is 24.3. The standard InChI is InChI=1S/C18H20O12/c1-25-13(19)7-8(14(20)26-2)10(16(22)28-4)12(18(24)30-6)11(17(23)29-5)9(7)15(21)27-3/h7-8H,1-6H3/t7-,8+. The van der Waals surface area contributed by atoms with Crippen LogP contribution in [-0.2, 0) is 57.2 Å². The molecule has 0 aliphatic heterocycles. The minimum absolute atomic E-state index is 0.750. The molecule has 0 amide bonds. The van der Waals surface area contributed by atoms with Crippen LogP contribution in [-0.4, -0.2) is 78.5 Å². The van der Waals surface area contributed by atoms with Crippen LogP contribution in [0.2, 0.25) is 0 Å². The van der Waals surface area contributed by atoms with Gasteiger partial charge in [-0.25, -0.2) is 19.2 Å². The molecule has 2 atom stereocenters. The van der Waals surface area contributed by atoms with Crippen LogP contribution in [0, 0.1) is 11.8 Å². The lowest BCUT2D eigenvalue weighted by molar-refractivity contribution is -0.158. The van der Waals surface area contributed by atoms with E-state index < -0.39 is 69.9 Å². The average Bonchev–Trinajstić information content (AvgIpc) is 2.78. The number of carbonyl (C=O) groups is 6. The molecule has 0 aromatic rings. The highest BCUT2D eigenvalue weighted by atomic mass is 16.5. The maximum absolute atomic E-state index is 12.6. The Balaban J connectivity index is 4.30. The molecule has 1 aliphatic rings. The van der Waals surface area contributed by atoms with Gasteiger partial charge in [0.1, 0.15) is 11.8 Å². The molecule has 1 rings (SSSR count). The molecule has 0 fully saturated rings. The van der Waals surface area contributed by atoms with Crippen molar-refractivity contribution < 1.29 is 57.2 Å². The van der Waals surface area contributed by atoms with E-state index in [-0.39, 0.29) is 0 Å². The second-order valence-electron chi connectivity index (χ2n) is 5.55. The van der Waals surface area contributed by atoms with Crippen molar-refractivity contribution >= 4 is 35.8 Å². The number of rotatable bonds is 6. The van der Waals surface area contributed by atoms with Crippen LogP contribution in [0.3, 0.4) is 0 Å². The van der Waals surface area contributed by atoms with Crippen LogP contribution < -0.4 is 0 Å². The molecule has 0 saturated carbocycles. The van der Waals surface area contributed by atoms with Crippen molar-refractivity contribution in [2.24, 2.45) is 11.8 Å². The van der Waals surface area contributed by atoms with Gasteiger partial charge in [-0.15, -0.1) is 0 Å². The van der Waals surface area contributed by atoms with Gasteiger partial charge in [0, 0.05) is 0 Å². The van der Waals surface area contributed by atoms with Crippen molar-refractivity contribution in [2.45, 2.75) is 0 Å². The van der Waals surface area contributed by atoms with Gasteiger partial charge in [-0.3, -0.25) is 9.59 Å². The van der Waals surface area contributed by atoms with Crippen molar-refractivity contribution in [1.82, 2.24) is 0 Å². The fourth-order valence-electron chi connectivity index (χ4n) is 2.98. The Morgan fingerprint density at radius 3 is 0.933 bits per heavy atom. The summed E-state index contributed by atoms with van der Waals surface area (Å²) in [5.74, 6) is -11.3. The summed E-state index contributed by atoms with van der Waals surface area (Å²) in [5, 5.41) is 0. The van der Waals surface area contributed by atoms with E-state index in [1.807, 2.05) is 0 Å². The summed E-state index contributed by atoms with van der Waals surface area (Å²) in [6.07, 6.45) is 0. The third-order valence-electron chi connectivity index (χ3n) is 4.24. The van der Waals surface area contributed by atoms with E-state index in [1.165, 1.54) is 0 Å². The van der Waals surface area contributed by atoms with Crippen LogP contribution >= 0.6 is 0 Å². The molecule has 0 saturated heterocycles. The smallest absolute Gasteiger partial charge is 0.339 e. The van der Waals surface area contributed by atoms with Crippen molar-refractivity contribution in [3.05, 3.63) is 22.3 Å². The molecule has 1 aliphatic carbocycles. The van der Waals surface area contributed by atoms with Crippen LogP contribution in [0.1, 0.15) is 0 Å². The number of hydrogen-bond donors (Lipinski definition) is 0. The zero-order valence-corrected chi connectivity index (χ0v) is 17.1. The van der Waals surface area contributed by atoms with Gasteiger partial charge < -0.3 is 28.4 Å². The molecule has 0 aromatic carbocycles. The Kier molecular flexibility index (Phi) is 8.26. The van der Waals surface area contributed by atoms with Crippen LogP contribution in [0.4, 0.5) is 0 Å². The predicted molar refractivity (Wildman–Crippen MR) is 93.1 cm³/mol. The SMILES string of the molecule is COC(=O)C1=C(C(=O)OC)[C@@H](C(=O)OC)[C@@H](C(=O)OC)C(C(=O)OC)=C1C(=O)OC. The summed E-state index contributed by atoms with van der Waals surface area (Å²) < 4.78 is 27.8. The largest absolute Gasteiger partial charge is 0.469 e. The fraction of sp³-hybridized carbons (Fsp3) is 0.444. The lowest BCUT2D eigenvalue weighted by Gasteiger charge is -2.32. The van der Waals surface area contributed by atoms with Gasteiger partial charge in [0.25, 0.3) is 0 Å². The number of hydrogen-bond acceptors (Lipinski definition) is 12. The average molecular weight is 428 g/mol. The number of methoxy groups -OCH3 is 6. The van der Waals surface area contributed by atoms with Gasteiger partial charge in [-0.2, -0.15) is 0 Å². The molecule has 12 heteroatoms. The molecule has 12 nitrogen and oxygen atoms in total. The second kappa shape index (κ2) is 10.2. The molecule has 0 heterocycles. The monoisotopic (exact) mass is 428 g/mol. The third-order valence-corrected chi connectivity index (χ3v) is 4.24. The van der Waals surface area contributed by atoms with E-state index in [0.29, 0.717) is 0 Å². The fourth-order valence-corrected chi connectivity index (χ4v) is 2.98. The first-order valence-corrected chi connectivity index (χ1v) is 8.14. The van der Waals surface area contributed by atoms with Crippen molar-refractivity contribution in [2.75, 3.05) is 42.7 Å². The quantitative estimate of drug-likeness (QED) is 0.370. The topological polar surface area (TPSA) is 158 Å². The van der Waals surface area contributed by atoms with Gasteiger partial charge >= 0.3 is 35.8 Å². The molecule has 0 spiro atoms. The van der Waals surface area contributed by atoms with E-state index in [9.17, 15) is 28.8 Å². The summed E-state index contributed by atoms with van der Waals surface area (Å²) in [5.41, 5.74) is -3.13. The summed E-state index contributed by atoms with van der Waals surface area (Å²) >= 11 is 0. The van der Waals surface area contributed by atoms with E-state index in [4.69, 9.17) is 0 Å². The highest BCUT2D eigenvalue weighted by Crippen LogP contribution is 2.42. The van der Waals surface area contributed by atoms with Crippen molar-refractivity contribution in [3.63, 3.8) is 0 Å². The van der Waals surface area contributed by atoms with Crippen LogP contribution in [0.25, 0.3) is 0 Å². The molecule has 0 radical (unpaired) electrons. The zero-order chi connectivity index (χ0) is 23.2. The van der Waals surface area contributed by atoms with Crippen LogP contribution in [0.15, 0.2) is 22.3 Å². The van der Waals surface area contributed by atoms with Crippen molar-refractivity contribution in [1.29, 1.82) is 0 Å². The van der Waals surface area contributed by atoms with E-state index >= 15 is 0 Å². The number of ether oxygens (including phenoxy) is 6.